The summed E-state index contributed by atoms with van der Waals surface area (Å²) < 4.78 is 40.1. The Morgan fingerprint density at radius 1 is 1.24 bits per heavy atom. The van der Waals surface area contributed by atoms with Crippen molar-refractivity contribution in [3.8, 4) is 5.75 Å². The van der Waals surface area contributed by atoms with E-state index in [1.165, 1.54) is 24.3 Å². The Bertz CT molecular complexity index is 538. The fraction of sp³-hybridized carbons (Fsp3) is 0.500. The first-order valence-corrected chi connectivity index (χ1v) is 6.78. The van der Waals surface area contributed by atoms with Crippen molar-refractivity contribution in [1.82, 2.24) is 10.2 Å². The molecule has 1 N–H and O–H groups in total. The molecule has 1 aliphatic carbocycles. The third-order valence-corrected chi connectivity index (χ3v) is 3.95. The van der Waals surface area contributed by atoms with Gasteiger partial charge in [-0.15, -0.1) is 13.2 Å². The summed E-state index contributed by atoms with van der Waals surface area (Å²) in [5, 5.41) is 3.27. The van der Waals surface area contributed by atoms with E-state index in [0.29, 0.717) is 12.1 Å². The third-order valence-electron chi connectivity index (χ3n) is 3.95. The molecule has 1 aliphatic heterocycles. The van der Waals surface area contributed by atoms with Gasteiger partial charge in [-0.1, -0.05) is 0 Å². The van der Waals surface area contributed by atoms with Gasteiger partial charge in [-0.05, 0) is 37.1 Å². The molecule has 3 rings (SSSR count). The van der Waals surface area contributed by atoms with Gasteiger partial charge in [0.2, 0.25) is 0 Å². The topological polar surface area (TPSA) is 41.6 Å². The van der Waals surface area contributed by atoms with E-state index >= 15 is 0 Å². The number of piperazine rings is 1. The number of carbonyl (C=O) groups is 1. The van der Waals surface area contributed by atoms with Crippen LogP contribution in [0.5, 0.6) is 5.75 Å². The van der Waals surface area contributed by atoms with Crippen molar-refractivity contribution in [2.75, 3.05) is 19.6 Å². The lowest BCUT2D eigenvalue weighted by Gasteiger charge is -2.36. The molecule has 1 spiro atoms. The first kappa shape index (κ1) is 14.2. The number of amides is 1. The normalized spacial score (nSPS) is 20.4. The van der Waals surface area contributed by atoms with Crippen LogP contribution < -0.4 is 10.1 Å². The number of ether oxygens (including phenoxy) is 1. The van der Waals surface area contributed by atoms with E-state index < -0.39 is 6.36 Å². The molecule has 0 unspecified atom stereocenters. The van der Waals surface area contributed by atoms with Crippen LogP contribution in [0.1, 0.15) is 23.2 Å². The van der Waals surface area contributed by atoms with Crippen LogP contribution in [-0.2, 0) is 0 Å². The second-order valence-corrected chi connectivity index (χ2v) is 5.43. The minimum Gasteiger partial charge on any atom is -0.406 e. The number of benzene rings is 1. The lowest BCUT2D eigenvalue weighted by molar-refractivity contribution is -0.274. The van der Waals surface area contributed by atoms with E-state index in [1.54, 1.807) is 0 Å². The number of nitrogens with zero attached hydrogens (tertiary/aromatic N) is 1. The van der Waals surface area contributed by atoms with Gasteiger partial charge in [-0.25, -0.2) is 0 Å². The summed E-state index contributed by atoms with van der Waals surface area (Å²) in [6.45, 7) is 2.15. The van der Waals surface area contributed by atoms with Crippen molar-refractivity contribution in [2.45, 2.75) is 24.7 Å². The van der Waals surface area contributed by atoms with Crippen LogP contribution in [0.2, 0.25) is 0 Å². The summed E-state index contributed by atoms with van der Waals surface area (Å²) in [7, 11) is 0. The zero-order valence-corrected chi connectivity index (χ0v) is 11.2. The second kappa shape index (κ2) is 4.91. The predicted octanol–water partition coefficient (Wildman–Crippen LogP) is 2.16. The molecule has 2 fully saturated rings. The Hall–Kier alpha value is -1.76. The van der Waals surface area contributed by atoms with Crippen molar-refractivity contribution in [2.24, 2.45) is 0 Å². The fourth-order valence-corrected chi connectivity index (χ4v) is 2.71. The van der Waals surface area contributed by atoms with Crippen LogP contribution in [0.3, 0.4) is 0 Å². The zero-order chi connectivity index (χ0) is 15.1. The summed E-state index contributed by atoms with van der Waals surface area (Å²) >= 11 is 0. The fourth-order valence-electron chi connectivity index (χ4n) is 2.71. The van der Waals surface area contributed by atoms with Gasteiger partial charge < -0.3 is 15.0 Å². The summed E-state index contributed by atoms with van der Waals surface area (Å²) in [5.41, 5.74) is 0.300. The highest BCUT2D eigenvalue weighted by Gasteiger charge is 2.51. The summed E-state index contributed by atoms with van der Waals surface area (Å²) in [6.07, 6.45) is -2.77. The Kier molecular flexibility index (Phi) is 3.32. The number of rotatable bonds is 2. The smallest absolute Gasteiger partial charge is 0.406 e. The summed E-state index contributed by atoms with van der Waals surface area (Å²) in [6, 6.07) is 5.09. The van der Waals surface area contributed by atoms with Gasteiger partial charge in [0.25, 0.3) is 5.91 Å². The van der Waals surface area contributed by atoms with Crippen LogP contribution in [0.25, 0.3) is 0 Å². The molecule has 1 heterocycles. The Morgan fingerprint density at radius 3 is 2.48 bits per heavy atom. The highest BCUT2D eigenvalue weighted by molar-refractivity contribution is 5.95. The number of halogens is 3. The van der Waals surface area contributed by atoms with E-state index in [2.05, 4.69) is 10.1 Å². The molecule has 114 valence electrons. The van der Waals surface area contributed by atoms with Crippen LogP contribution in [0.15, 0.2) is 24.3 Å². The maximum atomic E-state index is 12.5. The first-order valence-electron chi connectivity index (χ1n) is 6.78. The van der Waals surface area contributed by atoms with Crippen molar-refractivity contribution in [3.05, 3.63) is 29.8 Å². The van der Waals surface area contributed by atoms with Gasteiger partial charge >= 0.3 is 6.36 Å². The zero-order valence-electron chi connectivity index (χ0n) is 11.2. The van der Waals surface area contributed by atoms with E-state index in [-0.39, 0.29) is 17.2 Å². The number of hydrogen-bond donors (Lipinski definition) is 1. The molecule has 1 saturated carbocycles. The van der Waals surface area contributed by atoms with Gasteiger partial charge in [0.15, 0.2) is 0 Å². The third kappa shape index (κ3) is 2.97. The summed E-state index contributed by atoms with van der Waals surface area (Å²) in [4.78, 5) is 14.3. The Labute approximate surface area is 119 Å². The Morgan fingerprint density at radius 2 is 1.90 bits per heavy atom. The Balaban J connectivity index is 1.73. The highest BCUT2D eigenvalue weighted by atomic mass is 19.4. The molecule has 1 aromatic carbocycles. The van der Waals surface area contributed by atoms with Crippen LogP contribution in [0, 0.1) is 0 Å². The average molecular weight is 300 g/mol. The second-order valence-electron chi connectivity index (χ2n) is 5.43. The molecule has 2 aliphatic rings. The van der Waals surface area contributed by atoms with Crippen molar-refractivity contribution >= 4 is 5.91 Å². The van der Waals surface area contributed by atoms with Gasteiger partial charge in [0.05, 0.1) is 5.54 Å². The van der Waals surface area contributed by atoms with Gasteiger partial charge in [0.1, 0.15) is 5.75 Å². The maximum Gasteiger partial charge on any atom is 0.573 e. The highest BCUT2D eigenvalue weighted by Crippen LogP contribution is 2.43. The summed E-state index contributed by atoms with van der Waals surface area (Å²) in [5.74, 6) is -0.451. The van der Waals surface area contributed by atoms with Crippen molar-refractivity contribution in [3.63, 3.8) is 0 Å². The minimum atomic E-state index is -4.72. The molecule has 0 bridgehead atoms. The molecule has 4 nitrogen and oxygen atoms in total. The number of hydrogen-bond acceptors (Lipinski definition) is 3. The van der Waals surface area contributed by atoms with Gasteiger partial charge in [-0.2, -0.15) is 0 Å². The van der Waals surface area contributed by atoms with Crippen molar-refractivity contribution in [1.29, 1.82) is 0 Å². The lowest BCUT2D eigenvalue weighted by Crippen LogP contribution is -2.55. The average Bonchev–Trinajstić information content (AvgIpc) is 3.18. The van der Waals surface area contributed by atoms with Crippen LogP contribution in [0.4, 0.5) is 13.2 Å². The maximum absolute atomic E-state index is 12.5. The van der Waals surface area contributed by atoms with Crippen molar-refractivity contribution < 1.29 is 22.7 Å². The number of carbonyl (C=O) groups excluding carboxylic acids is 1. The molecular formula is C14H15F3N2O2. The minimum absolute atomic E-state index is 0.0868. The van der Waals surface area contributed by atoms with Gasteiger partial charge in [-0.3, -0.25) is 4.79 Å². The van der Waals surface area contributed by atoms with E-state index in [9.17, 15) is 18.0 Å². The number of nitrogens with one attached hydrogen (secondary N) is 1. The monoisotopic (exact) mass is 300 g/mol. The molecule has 0 aromatic heterocycles. The van der Waals surface area contributed by atoms with E-state index in [4.69, 9.17) is 0 Å². The van der Waals surface area contributed by atoms with Gasteiger partial charge in [0, 0.05) is 25.2 Å². The lowest BCUT2D eigenvalue weighted by atomic mass is 10.1. The van der Waals surface area contributed by atoms with E-state index in [1.807, 2.05) is 4.90 Å². The molecule has 1 saturated heterocycles. The molecular weight excluding hydrogens is 285 g/mol. The number of alkyl halides is 3. The predicted molar refractivity (Wildman–Crippen MR) is 69.0 cm³/mol. The molecule has 0 radical (unpaired) electrons. The quantitative estimate of drug-likeness (QED) is 0.910. The molecule has 7 heteroatoms. The molecule has 21 heavy (non-hydrogen) atoms. The van der Waals surface area contributed by atoms with Crippen LogP contribution >= 0.6 is 0 Å². The largest absolute Gasteiger partial charge is 0.573 e. The standard InChI is InChI=1S/C14H15F3N2O2/c15-14(16,17)21-11-3-1-10(2-4-11)12(20)19-8-7-18-9-13(19)5-6-13/h1-4,18H,5-9H2. The molecule has 0 atom stereocenters. The molecule has 1 aromatic rings. The first-order chi connectivity index (χ1) is 9.90. The SMILES string of the molecule is O=C(c1ccc(OC(F)(F)F)cc1)N1CCNCC12CC2. The molecule has 1 amide bonds. The van der Waals surface area contributed by atoms with E-state index in [0.717, 1.165) is 25.9 Å². The van der Waals surface area contributed by atoms with Crippen LogP contribution in [-0.4, -0.2) is 42.3 Å².